The first-order valence-corrected chi connectivity index (χ1v) is 10.3. The maximum atomic E-state index is 12.8. The maximum Gasteiger partial charge on any atom is 0.244 e. The molecule has 3 rings (SSSR count). The summed E-state index contributed by atoms with van der Waals surface area (Å²) in [6.45, 7) is 5.79. The molecule has 1 N–H and O–H groups in total. The average molecular weight is 396 g/mol. The molecule has 1 aliphatic rings. The Morgan fingerprint density at radius 2 is 1.81 bits per heavy atom. The van der Waals surface area contributed by atoms with Crippen LogP contribution in [0, 0.1) is 13.8 Å². The van der Waals surface area contributed by atoms with E-state index in [-0.39, 0.29) is 22.2 Å². The fraction of sp³-hybridized carbons (Fsp3) is 0.389. The minimum Gasteiger partial charge on any atom is -0.362 e. The van der Waals surface area contributed by atoms with Crippen molar-refractivity contribution in [2.75, 3.05) is 32.7 Å². The van der Waals surface area contributed by atoms with Crippen LogP contribution < -0.4 is 0 Å². The van der Waals surface area contributed by atoms with Gasteiger partial charge in [-0.15, -0.1) is 0 Å². The number of nitrogens with zero attached hydrogens (tertiary/aromatic N) is 2. The van der Waals surface area contributed by atoms with E-state index in [4.69, 9.17) is 11.6 Å². The summed E-state index contributed by atoms with van der Waals surface area (Å²) in [5, 5.41) is 0.225. The normalized spacial score (nSPS) is 16.7. The Hall–Kier alpha value is -1.67. The zero-order valence-corrected chi connectivity index (χ0v) is 16.4. The highest BCUT2D eigenvalue weighted by Crippen LogP contribution is 2.25. The van der Waals surface area contributed by atoms with Crippen LogP contribution in [0.3, 0.4) is 0 Å². The molecule has 0 saturated carbocycles. The second-order valence-corrected chi connectivity index (χ2v) is 8.84. The molecular weight excluding hydrogens is 374 g/mol. The summed E-state index contributed by atoms with van der Waals surface area (Å²) in [4.78, 5) is 17.7. The largest absolute Gasteiger partial charge is 0.362 e. The van der Waals surface area contributed by atoms with Crippen molar-refractivity contribution in [3.8, 4) is 0 Å². The van der Waals surface area contributed by atoms with Crippen molar-refractivity contribution in [3.05, 3.63) is 52.3 Å². The van der Waals surface area contributed by atoms with Gasteiger partial charge in [0, 0.05) is 43.1 Å². The molecule has 0 aliphatic carbocycles. The molecule has 0 bridgehead atoms. The van der Waals surface area contributed by atoms with Gasteiger partial charge in [0.15, 0.2) is 5.78 Å². The predicted molar refractivity (Wildman–Crippen MR) is 101 cm³/mol. The van der Waals surface area contributed by atoms with Crippen molar-refractivity contribution in [1.29, 1.82) is 0 Å². The van der Waals surface area contributed by atoms with Gasteiger partial charge in [-0.25, -0.2) is 8.42 Å². The highest BCUT2D eigenvalue weighted by Gasteiger charge is 2.30. The number of halogens is 1. The molecule has 1 saturated heterocycles. The van der Waals surface area contributed by atoms with E-state index in [0.29, 0.717) is 31.7 Å². The summed E-state index contributed by atoms with van der Waals surface area (Å²) in [6.07, 6.45) is 0. The number of hydrogen-bond donors (Lipinski definition) is 1. The number of hydrogen-bond acceptors (Lipinski definition) is 4. The number of piperazine rings is 1. The molecule has 1 aromatic carbocycles. The molecule has 140 valence electrons. The van der Waals surface area contributed by atoms with Crippen LogP contribution in [0.2, 0.25) is 5.02 Å². The molecule has 0 spiro atoms. The number of Topliss-reactive ketones (excluding diaryl/α,β-unsaturated/α-hetero) is 1. The fourth-order valence-corrected chi connectivity index (χ4v) is 5.14. The summed E-state index contributed by atoms with van der Waals surface area (Å²) >= 11 is 6.05. The van der Waals surface area contributed by atoms with Crippen molar-refractivity contribution in [1.82, 2.24) is 14.2 Å². The lowest BCUT2D eigenvalue weighted by Crippen LogP contribution is -2.49. The van der Waals surface area contributed by atoms with Crippen molar-refractivity contribution in [2.45, 2.75) is 18.7 Å². The Morgan fingerprint density at radius 3 is 2.38 bits per heavy atom. The zero-order chi connectivity index (χ0) is 18.9. The molecular formula is C18H22ClN3O3S. The summed E-state index contributed by atoms with van der Waals surface area (Å²) < 4.78 is 26.9. The molecule has 2 heterocycles. The van der Waals surface area contributed by atoms with Crippen LogP contribution in [-0.4, -0.2) is 61.1 Å². The topological polar surface area (TPSA) is 73.5 Å². The first-order chi connectivity index (χ1) is 12.3. The Kier molecular flexibility index (Phi) is 5.53. The molecule has 26 heavy (non-hydrogen) atoms. The average Bonchev–Trinajstić information content (AvgIpc) is 2.94. The van der Waals surface area contributed by atoms with E-state index in [9.17, 15) is 13.2 Å². The SMILES string of the molecule is Cc1cc(C(=O)CN2CCN(S(=O)(=O)c3ccccc3Cl)CC2)c(C)[nH]1. The van der Waals surface area contributed by atoms with E-state index >= 15 is 0 Å². The van der Waals surface area contributed by atoms with Gasteiger partial charge in [0.05, 0.1) is 11.6 Å². The number of rotatable bonds is 5. The molecule has 6 nitrogen and oxygen atoms in total. The number of ketones is 1. The number of carbonyl (C=O) groups is 1. The Bertz CT molecular complexity index is 916. The van der Waals surface area contributed by atoms with E-state index in [1.54, 1.807) is 18.2 Å². The molecule has 0 amide bonds. The maximum absolute atomic E-state index is 12.8. The number of aromatic amines is 1. The van der Waals surface area contributed by atoms with Gasteiger partial charge in [0.1, 0.15) is 4.90 Å². The molecule has 0 atom stereocenters. The Balaban J connectivity index is 1.63. The van der Waals surface area contributed by atoms with Gasteiger partial charge in [0.2, 0.25) is 10.0 Å². The van der Waals surface area contributed by atoms with Crippen LogP contribution in [-0.2, 0) is 10.0 Å². The van der Waals surface area contributed by atoms with Crippen LogP contribution in [0.1, 0.15) is 21.7 Å². The van der Waals surface area contributed by atoms with Crippen molar-refractivity contribution in [3.63, 3.8) is 0 Å². The summed E-state index contributed by atoms with van der Waals surface area (Å²) in [5.41, 5.74) is 2.53. The molecule has 0 unspecified atom stereocenters. The standard InChI is InChI=1S/C18H22ClN3O3S/c1-13-11-15(14(2)20-13)17(23)12-21-7-9-22(10-8-21)26(24,25)18-6-4-3-5-16(18)19/h3-6,11,20H,7-10,12H2,1-2H3. The van der Waals surface area contributed by atoms with E-state index < -0.39 is 10.0 Å². The van der Waals surface area contributed by atoms with Gasteiger partial charge in [-0.2, -0.15) is 4.31 Å². The quantitative estimate of drug-likeness (QED) is 0.789. The minimum absolute atomic E-state index is 0.0502. The smallest absolute Gasteiger partial charge is 0.244 e. The lowest BCUT2D eigenvalue weighted by Gasteiger charge is -2.33. The molecule has 1 aliphatic heterocycles. The summed E-state index contributed by atoms with van der Waals surface area (Å²) in [5.74, 6) is 0.0502. The van der Waals surface area contributed by atoms with Crippen LogP contribution in [0.5, 0.6) is 0 Å². The number of H-pyrrole nitrogens is 1. The fourth-order valence-electron chi connectivity index (χ4n) is 3.22. The number of benzene rings is 1. The van der Waals surface area contributed by atoms with Crippen molar-refractivity contribution >= 4 is 27.4 Å². The molecule has 1 fully saturated rings. The molecule has 0 radical (unpaired) electrons. The van der Waals surface area contributed by atoms with Gasteiger partial charge < -0.3 is 4.98 Å². The summed E-state index contributed by atoms with van der Waals surface area (Å²) in [6, 6.07) is 8.31. The second-order valence-electron chi connectivity index (χ2n) is 6.52. The molecule has 1 aromatic heterocycles. The van der Waals surface area contributed by atoms with Crippen molar-refractivity contribution < 1.29 is 13.2 Å². The Morgan fingerprint density at radius 1 is 1.15 bits per heavy atom. The van der Waals surface area contributed by atoms with E-state index in [1.807, 2.05) is 24.8 Å². The van der Waals surface area contributed by atoms with E-state index in [0.717, 1.165) is 11.4 Å². The van der Waals surface area contributed by atoms with E-state index in [2.05, 4.69) is 4.98 Å². The van der Waals surface area contributed by atoms with Crippen LogP contribution in [0.15, 0.2) is 35.2 Å². The zero-order valence-electron chi connectivity index (χ0n) is 14.8. The second kappa shape index (κ2) is 7.52. The first-order valence-electron chi connectivity index (χ1n) is 8.45. The summed E-state index contributed by atoms with van der Waals surface area (Å²) in [7, 11) is -3.62. The van der Waals surface area contributed by atoms with Gasteiger partial charge in [-0.3, -0.25) is 9.69 Å². The third-order valence-electron chi connectivity index (χ3n) is 4.60. The number of aromatic nitrogens is 1. The number of carbonyl (C=O) groups excluding carboxylic acids is 1. The lowest BCUT2D eigenvalue weighted by atomic mass is 10.1. The van der Waals surface area contributed by atoms with Gasteiger partial charge in [-0.1, -0.05) is 23.7 Å². The van der Waals surface area contributed by atoms with Gasteiger partial charge in [0.25, 0.3) is 0 Å². The number of aryl methyl sites for hydroxylation is 2. The third-order valence-corrected chi connectivity index (χ3v) is 7.00. The predicted octanol–water partition coefficient (Wildman–Crippen LogP) is 2.47. The monoisotopic (exact) mass is 395 g/mol. The lowest BCUT2D eigenvalue weighted by molar-refractivity contribution is 0.0901. The Labute approximate surface area is 158 Å². The van der Waals surface area contributed by atoms with Crippen molar-refractivity contribution in [2.24, 2.45) is 0 Å². The van der Waals surface area contributed by atoms with Crippen LogP contribution in [0.4, 0.5) is 0 Å². The molecule has 8 heteroatoms. The minimum atomic E-state index is -3.62. The highest BCUT2D eigenvalue weighted by atomic mass is 35.5. The highest BCUT2D eigenvalue weighted by molar-refractivity contribution is 7.89. The first kappa shape index (κ1) is 19.1. The van der Waals surface area contributed by atoms with Gasteiger partial charge in [-0.05, 0) is 32.0 Å². The number of nitrogens with one attached hydrogen (secondary N) is 1. The third kappa shape index (κ3) is 3.86. The van der Waals surface area contributed by atoms with Crippen LogP contribution >= 0.6 is 11.6 Å². The van der Waals surface area contributed by atoms with Crippen LogP contribution in [0.25, 0.3) is 0 Å². The van der Waals surface area contributed by atoms with E-state index in [1.165, 1.54) is 10.4 Å². The number of sulfonamides is 1. The van der Waals surface area contributed by atoms with Gasteiger partial charge >= 0.3 is 0 Å². The molecule has 2 aromatic rings.